The van der Waals surface area contributed by atoms with Crippen LogP contribution in [0.4, 0.5) is 17.1 Å². The number of amides is 3. The molecule has 0 bridgehead atoms. The summed E-state index contributed by atoms with van der Waals surface area (Å²) in [7, 11) is 1.70. The molecule has 1 N–H and O–H groups in total. The lowest BCUT2D eigenvalue weighted by atomic mass is 10.1. The van der Waals surface area contributed by atoms with E-state index in [9.17, 15) is 14.4 Å². The molecule has 0 aromatic heterocycles. The van der Waals surface area contributed by atoms with Gasteiger partial charge >= 0.3 is 11.8 Å². The smallest absolute Gasteiger partial charge is 0.313 e. The molecule has 156 valence electrons. The molecule has 2 aliphatic rings. The number of carbonyl (C=O) groups excluding carboxylic acids is 3. The van der Waals surface area contributed by atoms with Gasteiger partial charge in [0.05, 0.1) is 6.42 Å². The molecule has 8 heteroatoms. The normalized spacial score (nSPS) is 18.4. The van der Waals surface area contributed by atoms with Crippen molar-refractivity contribution in [2.75, 3.05) is 41.8 Å². The van der Waals surface area contributed by atoms with Crippen molar-refractivity contribution in [1.29, 1.82) is 0 Å². The maximum atomic E-state index is 12.8. The quantitative estimate of drug-likeness (QED) is 0.749. The van der Waals surface area contributed by atoms with Crippen LogP contribution < -0.4 is 15.1 Å². The van der Waals surface area contributed by atoms with E-state index in [1.807, 2.05) is 37.3 Å². The zero-order valence-corrected chi connectivity index (χ0v) is 17.6. The van der Waals surface area contributed by atoms with Crippen LogP contribution in [0.15, 0.2) is 42.5 Å². The van der Waals surface area contributed by atoms with Crippen LogP contribution in [-0.4, -0.2) is 55.3 Å². The lowest BCUT2D eigenvalue weighted by Gasteiger charge is -2.40. The van der Waals surface area contributed by atoms with Gasteiger partial charge in [0.25, 0.3) is 0 Å². The van der Waals surface area contributed by atoms with Gasteiger partial charge in [-0.15, -0.1) is 0 Å². The molecule has 1 atom stereocenters. The van der Waals surface area contributed by atoms with Gasteiger partial charge in [-0.1, -0.05) is 17.7 Å². The van der Waals surface area contributed by atoms with Crippen molar-refractivity contribution < 1.29 is 14.4 Å². The first-order valence-corrected chi connectivity index (χ1v) is 10.2. The van der Waals surface area contributed by atoms with Crippen molar-refractivity contribution in [3.8, 4) is 0 Å². The molecule has 2 aromatic carbocycles. The predicted molar refractivity (Wildman–Crippen MR) is 117 cm³/mol. The molecule has 1 saturated heterocycles. The van der Waals surface area contributed by atoms with Gasteiger partial charge in [-0.2, -0.15) is 0 Å². The van der Waals surface area contributed by atoms with Crippen LogP contribution in [0.25, 0.3) is 0 Å². The Morgan fingerprint density at radius 1 is 1.10 bits per heavy atom. The summed E-state index contributed by atoms with van der Waals surface area (Å²) < 4.78 is 0. The second kappa shape index (κ2) is 7.99. The number of fused-ring (bicyclic) bond motifs is 1. The van der Waals surface area contributed by atoms with Gasteiger partial charge in [-0.3, -0.25) is 14.4 Å². The number of hydrogen-bond donors (Lipinski definition) is 1. The topological polar surface area (TPSA) is 73.0 Å². The van der Waals surface area contributed by atoms with Crippen LogP contribution >= 0.6 is 11.6 Å². The fraction of sp³-hybridized carbons (Fsp3) is 0.318. The average Bonchev–Trinajstić information content (AvgIpc) is 3.01. The minimum Gasteiger partial charge on any atom is -0.368 e. The van der Waals surface area contributed by atoms with Crippen LogP contribution in [0.5, 0.6) is 0 Å². The summed E-state index contributed by atoms with van der Waals surface area (Å²) in [5.41, 5.74) is 3.22. The number of nitrogens with zero attached hydrogens (tertiary/aromatic N) is 3. The monoisotopic (exact) mass is 426 g/mol. The van der Waals surface area contributed by atoms with Crippen LogP contribution in [0.1, 0.15) is 12.5 Å². The Morgan fingerprint density at radius 2 is 1.83 bits per heavy atom. The Hall–Kier alpha value is -3.06. The molecule has 0 spiro atoms. The predicted octanol–water partition coefficient (Wildman–Crippen LogP) is 2.53. The summed E-state index contributed by atoms with van der Waals surface area (Å²) in [5.74, 6) is -1.21. The van der Waals surface area contributed by atoms with E-state index in [-0.39, 0.29) is 11.9 Å². The molecule has 0 aliphatic carbocycles. The van der Waals surface area contributed by atoms with E-state index in [1.54, 1.807) is 29.0 Å². The zero-order valence-electron chi connectivity index (χ0n) is 16.9. The van der Waals surface area contributed by atoms with Gasteiger partial charge in [-0.25, -0.2) is 0 Å². The van der Waals surface area contributed by atoms with Gasteiger partial charge in [0.2, 0.25) is 5.91 Å². The van der Waals surface area contributed by atoms with E-state index in [1.165, 1.54) is 0 Å². The van der Waals surface area contributed by atoms with Gasteiger partial charge < -0.3 is 20.0 Å². The largest absolute Gasteiger partial charge is 0.368 e. The Bertz CT molecular complexity index is 1010. The molecule has 2 aliphatic heterocycles. The van der Waals surface area contributed by atoms with E-state index in [2.05, 4.69) is 10.2 Å². The minimum absolute atomic E-state index is 0.0111. The third-order valence-corrected chi connectivity index (χ3v) is 5.95. The summed E-state index contributed by atoms with van der Waals surface area (Å²) in [6.07, 6.45) is 0.356. The van der Waals surface area contributed by atoms with Crippen LogP contribution in [0, 0.1) is 0 Å². The van der Waals surface area contributed by atoms with Crippen molar-refractivity contribution in [1.82, 2.24) is 4.90 Å². The highest BCUT2D eigenvalue weighted by Crippen LogP contribution is 2.30. The molecule has 0 saturated carbocycles. The average molecular weight is 427 g/mol. The first-order valence-electron chi connectivity index (χ1n) is 9.85. The summed E-state index contributed by atoms with van der Waals surface area (Å²) >= 11 is 5.96. The minimum atomic E-state index is -0.672. The molecule has 1 fully saturated rings. The van der Waals surface area contributed by atoms with Crippen molar-refractivity contribution in [2.24, 2.45) is 0 Å². The third kappa shape index (κ3) is 3.85. The first kappa shape index (κ1) is 20.2. The van der Waals surface area contributed by atoms with E-state index in [4.69, 9.17) is 11.6 Å². The van der Waals surface area contributed by atoms with Crippen LogP contribution in [0.3, 0.4) is 0 Å². The lowest BCUT2D eigenvalue weighted by molar-refractivity contribution is -0.144. The van der Waals surface area contributed by atoms with Crippen molar-refractivity contribution in [3.05, 3.63) is 53.1 Å². The Balaban J connectivity index is 1.39. The second-order valence-corrected chi connectivity index (χ2v) is 8.13. The number of nitrogens with one attached hydrogen (secondary N) is 1. The van der Waals surface area contributed by atoms with Gasteiger partial charge in [0.1, 0.15) is 0 Å². The molecule has 4 rings (SSSR count). The van der Waals surface area contributed by atoms with E-state index < -0.39 is 11.8 Å². The highest BCUT2D eigenvalue weighted by Gasteiger charge is 2.32. The first-order chi connectivity index (χ1) is 14.3. The number of halogens is 1. The van der Waals surface area contributed by atoms with Crippen molar-refractivity contribution in [2.45, 2.75) is 19.4 Å². The molecular formula is C22H23ClN4O3. The number of benzene rings is 2. The lowest BCUT2D eigenvalue weighted by Crippen LogP contribution is -2.56. The molecule has 3 amide bonds. The van der Waals surface area contributed by atoms with E-state index in [0.29, 0.717) is 36.8 Å². The standard InChI is InChI=1S/C22H23ClN4O3/c1-14-13-26(18-7-4-16(23)5-8-18)9-10-27(14)22(30)21(29)24-17-6-3-15-11-20(28)25(2)19(15)12-17/h3-8,12,14H,9-11,13H2,1-2H3,(H,24,29)/t14-/m1/s1. The number of piperazine rings is 1. The number of hydrogen-bond acceptors (Lipinski definition) is 4. The Kier molecular flexibility index (Phi) is 5.39. The number of anilines is 3. The molecule has 30 heavy (non-hydrogen) atoms. The highest BCUT2D eigenvalue weighted by molar-refractivity contribution is 6.39. The maximum Gasteiger partial charge on any atom is 0.313 e. The fourth-order valence-electron chi connectivity index (χ4n) is 3.98. The molecule has 7 nitrogen and oxygen atoms in total. The number of carbonyl (C=O) groups is 3. The third-order valence-electron chi connectivity index (χ3n) is 5.69. The SMILES string of the molecule is C[C@@H]1CN(c2ccc(Cl)cc2)CCN1C(=O)C(=O)Nc1ccc2c(c1)N(C)C(=O)C2. The molecule has 0 radical (unpaired) electrons. The summed E-state index contributed by atoms with van der Waals surface area (Å²) in [4.78, 5) is 42.5. The van der Waals surface area contributed by atoms with Crippen LogP contribution in [0.2, 0.25) is 5.02 Å². The fourth-order valence-corrected chi connectivity index (χ4v) is 4.11. The molecular weight excluding hydrogens is 404 g/mol. The van der Waals surface area contributed by atoms with Gasteiger partial charge in [0, 0.05) is 54.8 Å². The van der Waals surface area contributed by atoms with E-state index >= 15 is 0 Å². The Labute approximate surface area is 180 Å². The summed E-state index contributed by atoms with van der Waals surface area (Å²) in [6.45, 7) is 3.66. The van der Waals surface area contributed by atoms with Crippen LogP contribution in [-0.2, 0) is 20.8 Å². The summed E-state index contributed by atoms with van der Waals surface area (Å²) in [5, 5.41) is 3.36. The maximum absolute atomic E-state index is 12.8. The Morgan fingerprint density at radius 3 is 2.53 bits per heavy atom. The molecule has 0 unspecified atom stereocenters. The number of likely N-dealkylation sites (N-methyl/N-ethyl adjacent to an activating group) is 1. The van der Waals surface area contributed by atoms with Gasteiger partial charge in [0.15, 0.2) is 0 Å². The van der Waals surface area contributed by atoms with E-state index in [0.717, 1.165) is 16.9 Å². The van der Waals surface area contributed by atoms with Crippen molar-refractivity contribution in [3.63, 3.8) is 0 Å². The molecule has 2 heterocycles. The zero-order chi connectivity index (χ0) is 21.4. The summed E-state index contributed by atoms with van der Waals surface area (Å²) in [6, 6.07) is 12.7. The number of rotatable bonds is 2. The highest BCUT2D eigenvalue weighted by atomic mass is 35.5. The molecule has 2 aromatic rings. The van der Waals surface area contributed by atoms with Crippen molar-refractivity contribution >= 4 is 46.4 Å². The second-order valence-electron chi connectivity index (χ2n) is 7.70. The van der Waals surface area contributed by atoms with Gasteiger partial charge in [-0.05, 0) is 48.9 Å².